The van der Waals surface area contributed by atoms with Crippen molar-refractivity contribution >= 4 is 11.8 Å². The fourth-order valence-corrected chi connectivity index (χ4v) is 2.98. The van der Waals surface area contributed by atoms with Crippen molar-refractivity contribution in [3.63, 3.8) is 0 Å². The molecule has 0 bridgehead atoms. The van der Waals surface area contributed by atoms with E-state index in [4.69, 9.17) is 10.5 Å². The van der Waals surface area contributed by atoms with Crippen LogP contribution >= 0.6 is 0 Å². The quantitative estimate of drug-likeness (QED) is 0.874. The molecule has 2 aromatic rings. The summed E-state index contributed by atoms with van der Waals surface area (Å²) < 4.78 is 6.69. The van der Waals surface area contributed by atoms with E-state index in [0.29, 0.717) is 11.7 Å². The predicted molar refractivity (Wildman–Crippen MR) is 80.2 cm³/mol. The number of hydrogen-bond donors (Lipinski definition) is 1. The Morgan fingerprint density at radius 2 is 2.24 bits per heavy atom. The summed E-state index contributed by atoms with van der Waals surface area (Å²) >= 11 is 0. The van der Waals surface area contributed by atoms with Gasteiger partial charge in [-0.05, 0) is 17.5 Å². The van der Waals surface area contributed by atoms with Gasteiger partial charge in [0.15, 0.2) is 5.69 Å². The van der Waals surface area contributed by atoms with Gasteiger partial charge in [0.05, 0.1) is 7.11 Å². The number of aryl methyl sites for hydroxylation is 1. The summed E-state index contributed by atoms with van der Waals surface area (Å²) in [5.74, 6) is 1.20. The van der Waals surface area contributed by atoms with Crippen LogP contribution < -0.4 is 5.73 Å². The Labute approximate surface area is 123 Å². The van der Waals surface area contributed by atoms with Crippen LogP contribution in [-0.4, -0.2) is 22.6 Å². The number of methoxy groups -OCH3 is 1. The monoisotopic (exact) mass is 285 g/mol. The van der Waals surface area contributed by atoms with Crippen LogP contribution in [0.2, 0.25) is 0 Å². The number of aromatic nitrogens is 2. The van der Waals surface area contributed by atoms with E-state index in [1.807, 2.05) is 11.5 Å². The predicted octanol–water partition coefficient (Wildman–Crippen LogP) is 2.15. The van der Waals surface area contributed by atoms with Crippen molar-refractivity contribution in [1.82, 2.24) is 9.55 Å². The second kappa shape index (κ2) is 5.24. The van der Waals surface area contributed by atoms with Crippen molar-refractivity contribution in [1.29, 1.82) is 0 Å². The number of fused-ring (bicyclic) bond motifs is 1. The number of hydrogen-bond acceptors (Lipinski definition) is 4. The van der Waals surface area contributed by atoms with E-state index in [0.717, 1.165) is 25.2 Å². The first-order valence-electron chi connectivity index (χ1n) is 7.16. The molecule has 21 heavy (non-hydrogen) atoms. The Balaban J connectivity index is 1.89. The third-order valence-electron chi connectivity index (χ3n) is 4.15. The van der Waals surface area contributed by atoms with Crippen molar-refractivity contribution in [2.45, 2.75) is 32.2 Å². The van der Waals surface area contributed by atoms with E-state index in [1.54, 1.807) is 0 Å². The third kappa shape index (κ3) is 2.18. The molecular formula is C16H19N3O2. The molecule has 1 unspecified atom stereocenters. The van der Waals surface area contributed by atoms with E-state index in [2.05, 4.69) is 29.2 Å². The molecule has 5 heteroatoms. The number of esters is 1. The van der Waals surface area contributed by atoms with E-state index in [-0.39, 0.29) is 5.69 Å². The van der Waals surface area contributed by atoms with E-state index >= 15 is 0 Å². The summed E-state index contributed by atoms with van der Waals surface area (Å²) in [6.45, 7) is 2.77. The van der Waals surface area contributed by atoms with Gasteiger partial charge in [-0.15, -0.1) is 0 Å². The van der Waals surface area contributed by atoms with E-state index < -0.39 is 5.97 Å². The van der Waals surface area contributed by atoms with Crippen molar-refractivity contribution < 1.29 is 9.53 Å². The summed E-state index contributed by atoms with van der Waals surface area (Å²) in [7, 11) is 1.34. The van der Waals surface area contributed by atoms with Gasteiger partial charge >= 0.3 is 5.97 Å². The highest BCUT2D eigenvalue weighted by atomic mass is 16.5. The standard InChI is InChI=1S/C16H19N3O2/c1-3-13-18-14(16(20)21-2)15(17)19(13)9-11-8-10-6-4-5-7-12(10)11/h4-7,11H,3,8-9,17H2,1-2H3. The molecule has 0 saturated heterocycles. The van der Waals surface area contributed by atoms with Crippen LogP contribution in [0.1, 0.15) is 40.3 Å². The van der Waals surface area contributed by atoms with Gasteiger partial charge in [0.25, 0.3) is 0 Å². The molecule has 0 radical (unpaired) electrons. The van der Waals surface area contributed by atoms with Crippen LogP contribution in [0.15, 0.2) is 24.3 Å². The maximum atomic E-state index is 11.7. The molecule has 0 spiro atoms. The Bertz CT molecular complexity index is 691. The van der Waals surface area contributed by atoms with Gasteiger partial charge in [0.1, 0.15) is 11.6 Å². The minimum absolute atomic E-state index is 0.224. The molecule has 0 fully saturated rings. The SMILES string of the molecule is CCc1nc(C(=O)OC)c(N)n1CC1Cc2ccccc21. The molecule has 0 saturated carbocycles. The van der Waals surface area contributed by atoms with Crippen LogP contribution in [0, 0.1) is 0 Å². The van der Waals surface area contributed by atoms with Crippen LogP contribution in [0.4, 0.5) is 5.82 Å². The van der Waals surface area contributed by atoms with Gasteiger partial charge in [-0.2, -0.15) is 0 Å². The Kier molecular flexibility index (Phi) is 3.41. The van der Waals surface area contributed by atoms with Crippen molar-refractivity contribution in [2.75, 3.05) is 12.8 Å². The molecule has 1 heterocycles. The number of nitrogen functional groups attached to an aromatic ring is 1. The maximum absolute atomic E-state index is 11.7. The molecule has 110 valence electrons. The number of rotatable bonds is 4. The second-order valence-electron chi connectivity index (χ2n) is 5.32. The van der Waals surface area contributed by atoms with Gasteiger partial charge in [-0.1, -0.05) is 31.2 Å². The maximum Gasteiger partial charge on any atom is 0.360 e. The largest absolute Gasteiger partial charge is 0.464 e. The van der Waals surface area contributed by atoms with Crippen molar-refractivity contribution in [2.24, 2.45) is 0 Å². The van der Waals surface area contributed by atoms with Crippen molar-refractivity contribution in [3.8, 4) is 0 Å². The van der Waals surface area contributed by atoms with Gasteiger partial charge in [-0.3, -0.25) is 0 Å². The summed E-state index contributed by atoms with van der Waals surface area (Å²) in [6, 6.07) is 8.43. The molecule has 1 aliphatic carbocycles. The number of imidazole rings is 1. The van der Waals surface area contributed by atoms with E-state index in [1.165, 1.54) is 18.2 Å². The minimum Gasteiger partial charge on any atom is -0.464 e. The summed E-state index contributed by atoms with van der Waals surface area (Å²) in [5.41, 5.74) is 9.09. The number of ether oxygens (including phenoxy) is 1. The Morgan fingerprint density at radius 1 is 1.48 bits per heavy atom. The summed E-state index contributed by atoms with van der Waals surface area (Å²) in [5, 5.41) is 0. The third-order valence-corrected chi connectivity index (χ3v) is 4.15. The number of carbonyl (C=O) groups excluding carboxylic acids is 1. The number of anilines is 1. The fourth-order valence-electron chi connectivity index (χ4n) is 2.98. The summed E-state index contributed by atoms with van der Waals surface area (Å²) in [4.78, 5) is 16.0. The lowest BCUT2D eigenvalue weighted by molar-refractivity contribution is 0.0595. The first kappa shape index (κ1) is 13.7. The van der Waals surface area contributed by atoms with E-state index in [9.17, 15) is 4.79 Å². The Hall–Kier alpha value is -2.30. The topological polar surface area (TPSA) is 70.1 Å². The molecule has 2 N–H and O–H groups in total. The highest BCUT2D eigenvalue weighted by molar-refractivity contribution is 5.92. The van der Waals surface area contributed by atoms with Gasteiger partial charge in [-0.25, -0.2) is 9.78 Å². The molecule has 5 nitrogen and oxygen atoms in total. The van der Waals surface area contributed by atoms with Gasteiger partial charge in [0.2, 0.25) is 0 Å². The molecule has 0 aliphatic heterocycles. The minimum atomic E-state index is -0.477. The average molecular weight is 285 g/mol. The highest BCUT2D eigenvalue weighted by Gasteiger charge is 2.28. The molecule has 1 atom stereocenters. The molecule has 1 aromatic carbocycles. The first-order chi connectivity index (χ1) is 10.2. The first-order valence-corrected chi connectivity index (χ1v) is 7.16. The number of nitrogens with zero attached hydrogens (tertiary/aromatic N) is 2. The molecular weight excluding hydrogens is 266 g/mol. The zero-order valence-corrected chi connectivity index (χ0v) is 12.3. The lowest BCUT2D eigenvalue weighted by atomic mass is 9.77. The highest BCUT2D eigenvalue weighted by Crippen LogP contribution is 2.37. The molecule has 0 amide bonds. The summed E-state index contributed by atoms with van der Waals surface area (Å²) in [6.07, 6.45) is 1.78. The molecule has 1 aliphatic rings. The normalized spacial score (nSPS) is 16.2. The van der Waals surface area contributed by atoms with Crippen molar-refractivity contribution in [3.05, 3.63) is 46.9 Å². The average Bonchev–Trinajstić information content (AvgIpc) is 2.80. The lowest BCUT2D eigenvalue weighted by Gasteiger charge is -2.31. The van der Waals surface area contributed by atoms with Crippen LogP contribution in [0.3, 0.4) is 0 Å². The number of carbonyl (C=O) groups is 1. The molecule has 3 rings (SSSR count). The number of benzene rings is 1. The molecule has 1 aromatic heterocycles. The zero-order chi connectivity index (χ0) is 15.0. The number of nitrogens with two attached hydrogens (primary N) is 1. The lowest BCUT2D eigenvalue weighted by Crippen LogP contribution is -2.23. The van der Waals surface area contributed by atoms with Crippen LogP contribution in [0.5, 0.6) is 0 Å². The van der Waals surface area contributed by atoms with Gasteiger partial charge in [0, 0.05) is 18.9 Å². The Morgan fingerprint density at radius 3 is 2.90 bits per heavy atom. The fraction of sp³-hybridized carbons (Fsp3) is 0.375. The van der Waals surface area contributed by atoms with Gasteiger partial charge < -0.3 is 15.0 Å². The zero-order valence-electron chi connectivity index (χ0n) is 12.3. The smallest absolute Gasteiger partial charge is 0.360 e. The van der Waals surface area contributed by atoms with Crippen LogP contribution in [0.25, 0.3) is 0 Å². The second-order valence-corrected chi connectivity index (χ2v) is 5.32. The van der Waals surface area contributed by atoms with Crippen LogP contribution in [-0.2, 0) is 24.1 Å².